The molecule has 0 aliphatic carbocycles. The lowest BCUT2D eigenvalue weighted by Crippen LogP contribution is -2.21. The van der Waals surface area contributed by atoms with Gasteiger partial charge in [0.05, 0.1) is 5.69 Å². The minimum Gasteiger partial charge on any atom is -0.264 e. The van der Waals surface area contributed by atoms with Gasteiger partial charge in [-0.15, -0.1) is 5.10 Å². The molecule has 0 aliphatic heterocycles. The summed E-state index contributed by atoms with van der Waals surface area (Å²) >= 11 is 0. The Labute approximate surface area is 98.0 Å². The van der Waals surface area contributed by atoms with Crippen molar-refractivity contribution in [2.45, 2.75) is 13.8 Å². The number of nitriles is 1. The lowest BCUT2D eigenvalue weighted by atomic mass is 10.2. The monoisotopic (exact) mass is 226 g/mol. The summed E-state index contributed by atoms with van der Waals surface area (Å²) in [7, 11) is 0. The van der Waals surface area contributed by atoms with Crippen molar-refractivity contribution in [3.63, 3.8) is 0 Å². The molecule has 0 amide bonds. The minimum atomic E-state index is -0.589. The number of rotatable bonds is 1. The SMILES string of the molecule is Cc1ccc(-n2nc(C#N)c(=O)nc2C)cc1. The summed E-state index contributed by atoms with van der Waals surface area (Å²) < 4.78 is 1.49. The number of aryl methyl sites for hydroxylation is 2. The molecule has 0 radical (unpaired) electrons. The molecule has 1 heterocycles. The fraction of sp³-hybridized carbons (Fsp3) is 0.167. The lowest BCUT2D eigenvalue weighted by Gasteiger charge is -2.08. The standard InChI is InChI=1S/C12H10N4O/c1-8-3-5-10(6-4-8)16-9(2)14-12(17)11(7-13)15-16/h3-6H,1-2H3. The number of benzene rings is 1. The maximum atomic E-state index is 11.3. The van der Waals surface area contributed by atoms with E-state index in [4.69, 9.17) is 5.26 Å². The molecule has 0 atom stereocenters. The van der Waals surface area contributed by atoms with Crippen molar-refractivity contribution in [1.82, 2.24) is 14.8 Å². The van der Waals surface area contributed by atoms with Crippen LogP contribution in [-0.2, 0) is 0 Å². The van der Waals surface area contributed by atoms with Gasteiger partial charge in [0.2, 0.25) is 5.69 Å². The van der Waals surface area contributed by atoms with E-state index in [-0.39, 0.29) is 5.69 Å². The van der Waals surface area contributed by atoms with Crippen LogP contribution < -0.4 is 5.56 Å². The van der Waals surface area contributed by atoms with Crippen molar-refractivity contribution in [3.05, 3.63) is 51.7 Å². The van der Waals surface area contributed by atoms with E-state index < -0.39 is 5.56 Å². The van der Waals surface area contributed by atoms with Gasteiger partial charge in [-0.1, -0.05) is 17.7 Å². The first kappa shape index (κ1) is 11.0. The van der Waals surface area contributed by atoms with Crippen molar-refractivity contribution in [1.29, 1.82) is 5.26 Å². The molecule has 5 nitrogen and oxygen atoms in total. The Kier molecular flexibility index (Phi) is 2.71. The predicted octanol–water partition coefficient (Wildman–Crippen LogP) is 1.12. The zero-order valence-corrected chi connectivity index (χ0v) is 9.51. The molecule has 0 aliphatic rings. The van der Waals surface area contributed by atoms with E-state index in [1.54, 1.807) is 13.0 Å². The Morgan fingerprint density at radius 2 is 1.88 bits per heavy atom. The van der Waals surface area contributed by atoms with Gasteiger partial charge in [-0.2, -0.15) is 10.2 Å². The van der Waals surface area contributed by atoms with Crippen LogP contribution >= 0.6 is 0 Å². The smallest absolute Gasteiger partial charge is 0.264 e. The molecule has 0 N–H and O–H groups in total. The zero-order valence-electron chi connectivity index (χ0n) is 9.51. The van der Waals surface area contributed by atoms with Crippen LogP contribution in [0, 0.1) is 25.2 Å². The van der Waals surface area contributed by atoms with Gasteiger partial charge < -0.3 is 0 Å². The number of nitrogens with zero attached hydrogens (tertiary/aromatic N) is 4. The Hall–Kier alpha value is -2.48. The molecule has 0 fully saturated rings. The minimum absolute atomic E-state index is 0.198. The molecule has 0 saturated heterocycles. The molecule has 2 aromatic rings. The topological polar surface area (TPSA) is 71.6 Å². The highest BCUT2D eigenvalue weighted by molar-refractivity contribution is 5.34. The highest BCUT2D eigenvalue weighted by atomic mass is 16.1. The van der Waals surface area contributed by atoms with Crippen molar-refractivity contribution >= 4 is 0 Å². The number of hydrogen-bond acceptors (Lipinski definition) is 4. The maximum Gasteiger partial charge on any atom is 0.310 e. The molecule has 1 aromatic heterocycles. The van der Waals surface area contributed by atoms with E-state index in [0.717, 1.165) is 11.3 Å². The van der Waals surface area contributed by atoms with Crippen LogP contribution in [0.2, 0.25) is 0 Å². The molecule has 84 valence electrons. The van der Waals surface area contributed by atoms with Crippen LogP contribution in [0.1, 0.15) is 17.1 Å². The molecule has 0 spiro atoms. The van der Waals surface area contributed by atoms with Gasteiger partial charge in [0, 0.05) is 0 Å². The first-order valence-electron chi connectivity index (χ1n) is 5.07. The molecule has 2 rings (SSSR count). The van der Waals surface area contributed by atoms with E-state index in [1.807, 2.05) is 31.2 Å². The van der Waals surface area contributed by atoms with Crippen LogP contribution in [0.5, 0.6) is 0 Å². The maximum absolute atomic E-state index is 11.3. The Morgan fingerprint density at radius 1 is 1.24 bits per heavy atom. The van der Waals surface area contributed by atoms with E-state index in [9.17, 15) is 4.79 Å². The lowest BCUT2D eigenvalue weighted by molar-refractivity contribution is 0.740. The fourth-order valence-electron chi connectivity index (χ4n) is 1.46. The molecule has 0 saturated carbocycles. The highest BCUT2D eigenvalue weighted by Gasteiger charge is 2.07. The summed E-state index contributed by atoms with van der Waals surface area (Å²) in [5, 5.41) is 12.7. The van der Waals surface area contributed by atoms with Crippen LogP contribution in [0.3, 0.4) is 0 Å². The third kappa shape index (κ3) is 2.06. The van der Waals surface area contributed by atoms with Crippen LogP contribution in [0.25, 0.3) is 5.69 Å². The van der Waals surface area contributed by atoms with E-state index >= 15 is 0 Å². The second-order valence-electron chi connectivity index (χ2n) is 3.67. The average molecular weight is 226 g/mol. The Balaban J connectivity index is 2.64. The van der Waals surface area contributed by atoms with Gasteiger partial charge >= 0.3 is 5.56 Å². The predicted molar refractivity (Wildman–Crippen MR) is 61.8 cm³/mol. The van der Waals surface area contributed by atoms with Crippen LogP contribution in [0.4, 0.5) is 0 Å². The van der Waals surface area contributed by atoms with Gasteiger partial charge in [-0.05, 0) is 26.0 Å². The van der Waals surface area contributed by atoms with Crippen molar-refractivity contribution in [2.24, 2.45) is 0 Å². The van der Waals surface area contributed by atoms with Gasteiger partial charge in [0.25, 0.3) is 0 Å². The summed E-state index contributed by atoms with van der Waals surface area (Å²) in [6.45, 7) is 3.66. The molecule has 5 heteroatoms. The third-order valence-electron chi connectivity index (χ3n) is 2.36. The van der Waals surface area contributed by atoms with Crippen LogP contribution in [-0.4, -0.2) is 14.8 Å². The summed E-state index contributed by atoms with van der Waals surface area (Å²) in [6.07, 6.45) is 0. The average Bonchev–Trinajstić information content (AvgIpc) is 2.31. The van der Waals surface area contributed by atoms with Crippen LogP contribution in [0.15, 0.2) is 29.1 Å². The van der Waals surface area contributed by atoms with Gasteiger partial charge in [0.1, 0.15) is 11.9 Å². The molecule has 1 aromatic carbocycles. The van der Waals surface area contributed by atoms with Gasteiger partial charge in [0.15, 0.2) is 0 Å². The second-order valence-corrected chi connectivity index (χ2v) is 3.67. The Morgan fingerprint density at radius 3 is 2.47 bits per heavy atom. The third-order valence-corrected chi connectivity index (χ3v) is 2.36. The zero-order chi connectivity index (χ0) is 12.4. The highest BCUT2D eigenvalue weighted by Crippen LogP contribution is 2.08. The largest absolute Gasteiger partial charge is 0.310 e. The van der Waals surface area contributed by atoms with Crippen molar-refractivity contribution < 1.29 is 0 Å². The summed E-state index contributed by atoms with van der Waals surface area (Å²) in [5.41, 5.74) is 1.11. The molecular weight excluding hydrogens is 216 g/mol. The molecule has 17 heavy (non-hydrogen) atoms. The summed E-state index contributed by atoms with van der Waals surface area (Å²) in [4.78, 5) is 15.1. The van der Waals surface area contributed by atoms with Gasteiger partial charge in [-0.3, -0.25) is 4.79 Å². The normalized spacial score (nSPS) is 9.94. The van der Waals surface area contributed by atoms with Crippen molar-refractivity contribution in [3.8, 4) is 11.8 Å². The molecular formula is C12H10N4O. The quantitative estimate of drug-likeness (QED) is 0.730. The number of hydrogen-bond donors (Lipinski definition) is 0. The Bertz CT molecular complexity index is 650. The molecule has 0 bridgehead atoms. The summed E-state index contributed by atoms with van der Waals surface area (Å²) in [5.74, 6) is 0.456. The first-order valence-corrected chi connectivity index (χ1v) is 5.07. The van der Waals surface area contributed by atoms with Crippen molar-refractivity contribution in [2.75, 3.05) is 0 Å². The van der Waals surface area contributed by atoms with Gasteiger partial charge in [-0.25, -0.2) is 4.68 Å². The van der Waals surface area contributed by atoms with E-state index in [2.05, 4.69) is 10.1 Å². The van der Waals surface area contributed by atoms with E-state index in [1.165, 1.54) is 4.68 Å². The van der Waals surface area contributed by atoms with E-state index in [0.29, 0.717) is 5.82 Å². The summed E-state index contributed by atoms with van der Waals surface area (Å²) in [6, 6.07) is 9.33. The molecule has 0 unspecified atom stereocenters. The first-order chi connectivity index (χ1) is 8.11. The fourth-order valence-corrected chi connectivity index (χ4v) is 1.46. The second kappa shape index (κ2) is 4.18. The number of aromatic nitrogens is 3.